The van der Waals surface area contributed by atoms with Crippen molar-refractivity contribution in [2.75, 3.05) is 44.4 Å². The summed E-state index contributed by atoms with van der Waals surface area (Å²) in [7, 11) is 1.83. The maximum absolute atomic E-state index is 12.5. The van der Waals surface area contributed by atoms with Crippen LogP contribution < -0.4 is 11.1 Å². The summed E-state index contributed by atoms with van der Waals surface area (Å²) in [6, 6.07) is 0. The fourth-order valence-electron chi connectivity index (χ4n) is 2.37. The van der Waals surface area contributed by atoms with Gasteiger partial charge in [0, 0.05) is 33.4 Å². The molecule has 7 heteroatoms. The maximum Gasteiger partial charge on any atom is 0.267 e. The average Bonchev–Trinajstić information content (AvgIpc) is 2.86. The van der Waals surface area contributed by atoms with Gasteiger partial charge in [-0.1, -0.05) is 18.3 Å². The summed E-state index contributed by atoms with van der Waals surface area (Å²) < 4.78 is 5.35. The second-order valence-corrected chi connectivity index (χ2v) is 6.40. The first kappa shape index (κ1) is 16.0. The van der Waals surface area contributed by atoms with Crippen LogP contribution in [0.1, 0.15) is 35.9 Å². The molecule has 0 saturated carbocycles. The zero-order valence-corrected chi connectivity index (χ0v) is 13.5. The number of thiazole rings is 1. The Balaban J connectivity index is 1.96. The second kappa shape index (κ2) is 7.61. The maximum atomic E-state index is 12.5. The van der Waals surface area contributed by atoms with Crippen LogP contribution in [0.3, 0.4) is 0 Å². The predicted molar refractivity (Wildman–Crippen MR) is 85.8 cm³/mol. The highest BCUT2D eigenvalue weighted by molar-refractivity contribution is 7.18. The van der Waals surface area contributed by atoms with Crippen molar-refractivity contribution in [1.29, 1.82) is 0 Å². The van der Waals surface area contributed by atoms with Crippen molar-refractivity contribution in [3.05, 3.63) is 4.88 Å². The van der Waals surface area contributed by atoms with E-state index in [-0.39, 0.29) is 5.91 Å². The van der Waals surface area contributed by atoms with E-state index >= 15 is 0 Å². The van der Waals surface area contributed by atoms with E-state index in [9.17, 15) is 4.79 Å². The molecule has 0 aliphatic carbocycles. The molecule has 0 spiro atoms. The molecule has 0 radical (unpaired) electrons. The number of nitrogens with zero attached hydrogens (tertiary/aromatic N) is 2. The number of anilines is 2. The molecular formula is C14H24N4O2S. The van der Waals surface area contributed by atoms with Crippen molar-refractivity contribution in [1.82, 2.24) is 9.88 Å². The summed E-state index contributed by atoms with van der Waals surface area (Å²) in [4.78, 5) is 19.0. The lowest BCUT2D eigenvalue weighted by molar-refractivity contribution is 0.0499. The molecule has 21 heavy (non-hydrogen) atoms. The number of carbonyl (C=O) groups excluding carboxylic acids is 1. The van der Waals surface area contributed by atoms with Crippen LogP contribution in [0.15, 0.2) is 0 Å². The Kier molecular flexibility index (Phi) is 5.81. The van der Waals surface area contributed by atoms with Crippen LogP contribution in [0.2, 0.25) is 0 Å². The minimum atomic E-state index is -0.0407. The van der Waals surface area contributed by atoms with Crippen molar-refractivity contribution in [2.24, 2.45) is 5.92 Å². The minimum absolute atomic E-state index is 0.0407. The van der Waals surface area contributed by atoms with Gasteiger partial charge >= 0.3 is 0 Å². The fraction of sp³-hybridized carbons (Fsp3) is 0.714. The summed E-state index contributed by atoms with van der Waals surface area (Å²) in [5.41, 5.74) is 5.88. The zero-order valence-electron chi connectivity index (χ0n) is 12.7. The van der Waals surface area contributed by atoms with Gasteiger partial charge in [-0.2, -0.15) is 0 Å². The molecule has 1 amide bonds. The monoisotopic (exact) mass is 312 g/mol. The Bertz CT molecular complexity index is 472. The lowest BCUT2D eigenvalue weighted by atomic mass is 10.00. The predicted octanol–water partition coefficient (Wildman–Crippen LogP) is 2.05. The van der Waals surface area contributed by atoms with E-state index in [1.807, 2.05) is 7.05 Å². The minimum Gasteiger partial charge on any atom is -0.382 e. The third-order valence-corrected chi connectivity index (χ3v) is 4.61. The van der Waals surface area contributed by atoms with Gasteiger partial charge in [-0.05, 0) is 25.2 Å². The van der Waals surface area contributed by atoms with Crippen LogP contribution in [0.5, 0.6) is 0 Å². The Hall–Kier alpha value is -1.34. The number of amides is 1. The van der Waals surface area contributed by atoms with E-state index < -0.39 is 0 Å². The molecule has 2 rings (SSSR count). The van der Waals surface area contributed by atoms with Crippen molar-refractivity contribution in [2.45, 2.75) is 26.2 Å². The number of nitrogen functional groups attached to an aromatic ring is 1. The number of nitrogens with two attached hydrogens (primary N) is 1. The van der Waals surface area contributed by atoms with Gasteiger partial charge in [0.15, 0.2) is 5.13 Å². The van der Waals surface area contributed by atoms with E-state index in [0.29, 0.717) is 16.6 Å². The van der Waals surface area contributed by atoms with Crippen molar-refractivity contribution in [3.8, 4) is 0 Å². The number of nitrogens with one attached hydrogen (secondary N) is 1. The molecule has 1 fully saturated rings. The van der Waals surface area contributed by atoms with E-state index in [2.05, 4.69) is 17.2 Å². The smallest absolute Gasteiger partial charge is 0.267 e. The normalized spacial score (nSPS) is 15.9. The first-order valence-electron chi connectivity index (χ1n) is 7.45. The van der Waals surface area contributed by atoms with Gasteiger partial charge in [0.05, 0.1) is 0 Å². The highest BCUT2D eigenvalue weighted by Gasteiger charge is 2.23. The number of hydrogen-bond donors (Lipinski definition) is 2. The highest BCUT2D eigenvalue weighted by atomic mass is 32.1. The van der Waals surface area contributed by atoms with Crippen molar-refractivity contribution >= 4 is 28.2 Å². The topological polar surface area (TPSA) is 80.5 Å². The SMILES string of the molecule is CCCNc1nc(N)c(C(=O)N(C)CC2CCOCC2)s1. The quantitative estimate of drug-likeness (QED) is 0.840. The molecule has 0 atom stereocenters. The van der Waals surface area contributed by atoms with E-state index in [1.54, 1.807) is 4.90 Å². The molecule has 0 aromatic carbocycles. The number of ether oxygens (including phenoxy) is 1. The summed E-state index contributed by atoms with van der Waals surface area (Å²) in [5.74, 6) is 0.794. The molecule has 1 aliphatic heterocycles. The number of aromatic nitrogens is 1. The van der Waals surface area contributed by atoms with Crippen LogP contribution >= 0.6 is 11.3 Å². The van der Waals surface area contributed by atoms with Crippen molar-refractivity contribution in [3.63, 3.8) is 0 Å². The molecule has 1 aromatic rings. The van der Waals surface area contributed by atoms with Gasteiger partial charge in [0.25, 0.3) is 5.91 Å². The summed E-state index contributed by atoms with van der Waals surface area (Å²) in [6.07, 6.45) is 3.03. The van der Waals surface area contributed by atoms with Gasteiger partial charge in [-0.15, -0.1) is 0 Å². The largest absolute Gasteiger partial charge is 0.382 e. The average molecular weight is 312 g/mol. The first-order valence-corrected chi connectivity index (χ1v) is 8.26. The molecule has 1 aromatic heterocycles. The molecule has 1 saturated heterocycles. The van der Waals surface area contributed by atoms with E-state index in [1.165, 1.54) is 11.3 Å². The van der Waals surface area contributed by atoms with E-state index in [4.69, 9.17) is 10.5 Å². The molecule has 1 aliphatic rings. The number of carbonyl (C=O) groups is 1. The Morgan fingerprint density at radius 2 is 2.24 bits per heavy atom. The molecule has 2 heterocycles. The zero-order chi connectivity index (χ0) is 15.2. The third-order valence-electron chi connectivity index (χ3n) is 3.59. The summed E-state index contributed by atoms with van der Waals surface area (Å²) in [6.45, 7) is 5.24. The third kappa shape index (κ3) is 4.31. The van der Waals surface area contributed by atoms with Crippen LogP contribution in [0.25, 0.3) is 0 Å². The highest BCUT2D eigenvalue weighted by Crippen LogP contribution is 2.26. The van der Waals surface area contributed by atoms with Gasteiger partial charge < -0.3 is 20.7 Å². The number of hydrogen-bond acceptors (Lipinski definition) is 6. The van der Waals surface area contributed by atoms with Gasteiger partial charge in [0.1, 0.15) is 10.7 Å². The first-order chi connectivity index (χ1) is 10.1. The van der Waals surface area contributed by atoms with Gasteiger partial charge in [-0.3, -0.25) is 4.79 Å². The van der Waals surface area contributed by atoms with Crippen LogP contribution in [-0.4, -0.2) is 49.1 Å². The molecular weight excluding hydrogens is 288 g/mol. The lowest BCUT2D eigenvalue weighted by Crippen LogP contribution is -2.34. The molecule has 118 valence electrons. The lowest BCUT2D eigenvalue weighted by Gasteiger charge is -2.26. The summed E-state index contributed by atoms with van der Waals surface area (Å²) in [5, 5.41) is 3.89. The second-order valence-electron chi connectivity index (χ2n) is 5.40. The molecule has 3 N–H and O–H groups in total. The van der Waals surface area contributed by atoms with Crippen molar-refractivity contribution < 1.29 is 9.53 Å². The molecule has 6 nitrogen and oxygen atoms in total. The Labute approximate surface area is 129 Å². The number of rotatable bonds is 6. The standard InChI is InChI=1S/C14H24N4O2S/c1-3-6-16-14-17-12(15)11(21-14)13(19)18(2)9-10-4-7-20-8-5-10/h10H,3-9,15H2,1-2H3,(H,16,17). The molecule has 0 unspecified atom stereocenters. The van der Waals surface area contributed by atoms with Crippen LogP contribution in [-0.2, 0) is 4.74 Å². The van der Waals surface area contributed by atoms with Gasteiger partial charge in [0.2, 0.25) is 0 Å². The van der Waals surface area contributed by atoms with Crippen LogP contribution in [0, 0.1) is 5.92 Å². The Morgan fingerprint density at radius 3 is 2.90 bits per heavy atom. The van der Waals surface area contributed by atoms with Crippen LogP contribution in [0.4, 0.5) is 10.9 Å². The summed E-state index contributed by atoms with van der Waals surface area (Å²) >= 11 is 1.33. The Morgan fingerprint density at radius 1 is 1.52 bits per heavy atom. The van der Waals surface area contributed by atoms with E-state index in [0.717, 1.165) is 50.7 Å². The van der Waals surface area contributed by atoms with Gasteiger partial charge in [-0.25, -0.2) is 4.98 Å². The fourth-order valence-corrected chi connectivity index (χ4v) is 3.27. The molecule has 0 bridgehead atoms.